The van der Waals surface area contributed by atoms with Crippen LogP contribution in [0, 0.1) is 0 Å². The lowest BCUT2D eigenvalue weighted by Gasteiger charge is -2.18. The minimum Gasteiger partial charge on any atom is -0.481 e. The van der Waals surface area contributed by atoms with Crippen molar-refractivity contribution in [2.45, 2.75) is 18.4 Å². The number of nitrogen functional groups attached to an aromatic ring is 1. The largest absolute Gasteiger partial charge is 0.481 e. The van der Waals surface area contributed by atoms with Crippen LogP contribution in [0.25, 0.3) is 0 Å². The topological polar surface area (TPSA) is 158 Å². The molecule has 0 saturated carbocycles. The van der Waals surface area contributed by atoms with E-state index in [0.29, 0.717) is 0 Å². The normalized spacial score (nSPS) is 10.1. The van der Waals surface area contributed by atoms with Crippen LogP contribution < -0.4 is 5.73 Å². The lowest BCUT2D eigenvalue weighted by Crippen LogP contribution is -2.42. The van der Waals surface area contributed by atoms with Gasteiger partial charge in [-0.05, 0) is 12.1 Å². The van der Waals surface area contributed by atoms with Crippen molar-refractivity contribution in [2.75, 3.05) is 5.73 Å². The van der Waals surface area contributed by atoms with Gasteiger partial charge >= 0.3 is 17.9 Å². The van der Waals surface area contributed by atoms with E-state index < -0.39 is 36.4 Å². The Labute approximate surface area is 114 Å². The fourth-order valence-corrected chi connectivity index (χ4v) is 1.17. The van der Waals surface area contributed by atoms with E-state index in [4.69, 9.17) is 26.2 Å². The second kappa shape index (κ2) is 7.74. The molecule has 0 radical (unpaired) electrons. The van der Waals surface area contributed by atoms with Crippen LogP contribution in [0.3, 0.4) is 0 Å². The third kappa shape index (κ3) is 6.97. The number of rotatable bonds is 5. The molecule has 8 heteroatoms. The zero-order chi connectivity index (χ0) is 15.8. The average molecular weight is 285 g/mol. The molecule has 8 nitrogen and oxygen atoms in total. The van der Waals surface area contributed by atoms with Gasteiger partial charge in [0, 0.05) is 5.69 Å². The summed E-state index contributed by atoms with van der Waals surface area (Å²) in [5.41, 5.74) is 3.44. The van der Waals surface area contributed by atoms with Crippen molar-refractivity contribution in [1.29, 1.82) is 0 Å². The van der Waals surface area contributed by atoms with Gasteiger partial charge in [-0.1, -0.05) is 18.2 Å². The number of benzene rings is 1. The Kier molecular flexibility index (Phi) is 6.73. The molecule has 0 amide bonds. The number of anilines is 1. The molecular weight excluding hydrogens is 270 g/mol. The Balaban J connectivity index is 0.000000428. The first-order valence-corrected chi connectivity index (χ1v) is 5.37. The van der Waals surface area contributed by atoms with Gasteiger partial charge in [-0.15, -0.1) is 0 Å². The zero-order valence-corrected chi connectivity index (χ0v) is 10.4. The van der Waals surface area contributed by atoms with Crippen LogP contribution in [-0.2, 0) is 14.4 Å². The predicted molar refractivity (Wildman–Crippen MR) is 67.9 cm³/mol. The minimum atomic E-state index is -2.74. The Morgan fingerprint density at radius 1 is 0.950 bits per heavy atom. The van der Waals surface area contributed by atoms with Crippen molar-refractivity contribution in [3.63, 3.8) is 0 Å². The van der Waals surface area contributed by atoms with Crippen molar-refractivity contribution in [3.05, 3.63) is 30.3 Å². The van der Waals surface area contributed by atoms with Crippen molar-refractivity contribution in [3.8, 4) is 0 Å². The maximum Gasteiger partial charge on any atom is 0.336 e. The number of para-hydroxylation sites is 1. The van der Waals surface area contributed by atoms with Crippen LogP contribution >= 0.6 is 0 Å². The van der Waals surface area contributed by atoms with Gasteiger partial charge in [0.2, 0.25) is 0 Å². The van der Waals surface area contributed by atoms with Crippen LogP contribution in [0.5, 0.6) is 0 Å². The summed E-state index contributed by atoms with van der Waals surface area (Å²) in [5, 5.41) is 33.8. The van der Waals surface area contributed by atoms with Crippen molar-refractivity contribution in [1.82, 2.24) is 0 Å². The third-order valence-corrected chi connectivity index (χ3v) is 2.09. The standard InChI is InChI=1S/C6H7N.C6H8O7/c7-6-4-2-1-3-5-6;7-3(8)1-6(13,5(11)12)2-4(9)10/h1-5H,7H2;13H,1-2H2,(H,7,8)(H,9,10)(H,11,12). The zero-order valence-electron chi connectivity index (χ0n) is 10.4. The van der Waals surface area contributed by atoms with Gasteiger partial charge < -0.3 is 26.2 Å². The lowest BCUT2D eigenvalue weighted by atomic mass is 9.96. The summed E-state index contributed by atoms with van der Waals surface area (Å²) < 4.78 is 0. The number of aliphatic hydroxyl groups is 1. The fraction of sp³-hybridized carbons (Fsp3) is 0.250. The number of carboxylic acids is 3. The average Bonchev–Trinajstić information content (AvgIpc) is 2.28. The number of hydrogen-bond acceptors (Lipinski definition) is 5. The monoisotopic (exact) mass is 285 g/mol. The van der Waals surface area contributed by atoms with E-state index in [9.17, 15) is 14.4 Å². The molecule has 0 heterocycles. The molecule has 0 aromatic heterocycles. The summed E-state index contributed by atoms with van der Waals surface area (Å²) in [6.07, 6.45) is -2.29. The minimum absolute atomic E-state index is 0.822. The maximum absolute atomic E-state index is 10.3. The van der Waals surface area contributed by atoms with Crippen LogP contribution in [0.2, 0.25) is 0 Å². The molecule has 0 unspecified atom stereocenters. The van der Waals surface area contributed by atoms with E-state index >= 15 is 0 Å². The van der Waals surface area contributed by atoms with Crippen LogP contribution in [0.15, 0.2) is 30.3 Å². The highest BCUT2D eigenvalue weighted by Gasteiger charge is 2.40. The highest BCUT2D eigenvalue weighted by Crippen LogP contribution is 2.15. The molecule has 0 aliphatic heterocycles. The number of aliphatic carboxylic acids is 3. The number of nitrogens with two attached hydrogens (primary N) is 1. The summed E-state index contributed by atoms with van der Waals surface area (Å²) in [5.74, 6) is -5.02. The molecule has 0 aliphatic carbocycles. The molecule has 0 bridgehead atoms. The van der Waals surface area contributed by atoms with Crippen LogP contribution in [0.4, 0.5) is 5.69 Å². The molecule has 0 aliphatic rings. The molecule has 20 heavy (non-hydrogen) atoms. The van der Waals surface area contributed by atoms with Crippen LogP contribution in [-0.4, -0.2) is 43.9 Å². The first-order chi connectivity index (χ1) is 9.17. The fourth-order valence-electron chi connectivity index (χ4n) is 1.17. The first kappa shape index (κ1) is 17.4. The lowest BCUT2D eigenvalue weighted by molar-refractivity contribution is -0.170. The number of carbonyl (C=O) groups is 3. The Bertz CT molecular complexity index is 456. The quantitative estimate of drug-likeness (QED) is 0.473. The highest BCUT2D eigenvalue weighted by atomic mass is 16.4. The van der Waals surface area contributed by atoms with Gasteiger partial charge in [0.05, 0.1) is 12.8 Å². The molecule has 1 aromatic carbocycles. The van der Waals surface area contributed by atoms with Gasteiger partial charge in [-0.25, -0.2) is 4.79 Å². The molecule has 1 rings (SSSR count). The predicted octanol–water partition coefficient (Wildman–Crippen LogP) is 0.0203. The van der Waals surface area contributed by atoms with E-state index in [1.54, 1.807) is 0 Å². The third-order valence-electron chi connectivity index (χ3n) is 2.09. The van der Waals surface area contributed by atoms with E-state index in [2.05, 4.69) is 0 Å². The van der Waals surface area contributed by atoms with E-state index in [-0.39, 0.29) is 0 Å². The van der Waals surface area contributed by atoms with E-state index in [1.807, 2.05) is 30.3 Å². The summed E-state index contributed by atoms with van der Waals surface area (Å²) in [4.78, 5) is 30.5. The summed E-state index contributed by atoms with van der Waals surface area (Å²) in [6, 6.07) is 9.49. The van der Waals surface area contributed by atoms with Gasteiger partial charge in [-0.2, -0.15) is 0 Å². The summed E-state index contributed by atoms with van der Waals surface area (Å²) in [6.45, 7) is 0. The highest BCUT2D eigenvalue weighted by molar-refractivity contribution is 5.88. The molecule has 1 aromatic rings. The van der Waals surface area contributed by atoms with Gasteiger partial charge in [-0.3, -0.25) is 9.59 Å². The Hall–Kier alpha value is -2.61. The molecule has 110 valence electrons. The number of hydrogen-bond donors (Lipinski definition) is 5. The number of carboxylic acid groups (broad SMARTS) is 3. The second-order valence-electron chi connectivity index (χ2n) is 3.89. The Morgan fingerprint density at radius 3 is 1.55 bits per heavy atom. The summed E-state index contributed by atoms with van der Waals surface area (Å²) in [7, 11) is 0. The smallest absolute Gasteiger partial charge is 0.336 e. The first-order valence-electron chi connectivity index (χ1n) is 5.37. The van der Waals surface area contributed by atoms with E-state index in [0.717, 1.165) is 5.69 Å². The molecule has 0 fully saturated rings. The van der Waals surface area contributed by atoms with Crippen molar-refractivity contribution in [2.24, 2.45) is 0 Å². The van der Waals surface area contributed by atoms with Crippen LogP contribution in [0.1, 0.15) is 12.8 Å². The molecule has 0 atom stereocenters. The Morgan fingerprint density at radius 2 is 1.35 bits per heavy atom. The van der Waals surface area contributed by atoms with E-state index in [1.165, 1.54) is 0 Å². The van der Waals surface area contributed by atoms with Gasteiger partial charge in [0.25, 0.3) is 0 Å². The van der Waals surface area contributed by atoms with Crippen molar-refractivity contribution >= 4 is 23.6 Å². The molecular formula is C12H15NO7. The van der Waals surface area contributed by atoms with Gasteiger partial charge in [0.1, 0.15) is 0 Å². The summed E-state index contributed by atoms with van der Waals surface area (Å²) >= 11 is 0. The van der Waals surface area contributed by atoms with Gasteiger partial charge in [0.15, 0.2) is 5.60 Å². The molecule has 6 N–H and O–H groups in total. The second-order valence-corrected chi connectivity index (χ2v) is 3.89. The SMILES string of the molecule is Nc1ccccc1.O=C(O)CC(O)(CC(=O)O)C(=O)O. The molecule has 0 spiro atoms. The maximum atomic E-state index is 10.3. The van der Waals surface area contributed by atoms with Crippen molar-refractivity contribution < 1.29 is 34.8 Å². The molecule has 0 saturated heterocycles.